The molecular formula is C17H22ClN3O2S. The minimum atomic E-state index is -3.53. The molecule has 1 aromatic carbocycles. The summed E-state index contributed by atoms with van der Waals surface area (Å²) in [5.41, 5.74) is 1.94. The van der Waals surface area contributed by atoms with Crippen molar-refractivity contribution in [3.05, 3.63) is 59.9 Å². The number of aromatic nitrogens is 1. The van der Waals surface area contributed by atoms with Crippen molar-refractivity contribution >= 4 is 22.4 Å². The summed E-state index contributed by atoms with van der Waals surface area (Å²) >= 11 is 0. The number of sulfonamides is 1. The number of piperazine rings is 1. The van der Waals surface area contributed by atoms with Crippen LogP contribution in [0.3, 0.4) is 0 Å². The van der Waals surface area contributed by atoms with Gasteiger partial charge in [0.2, 0.25) is 10.0 Å². The Morgan fingerprint density at radius 3 is 2.83 bits per heavy atom. The molecule has 0 bridgehead atoms. The Bertz CT molecular complexity index is 768. The molecule has 7 heteroatoms. The van der Waals surface area contributed by atoms with Crippen molar-refractivity contribution in [1.82, 2.24) is 14.6 Å². The summed E-state index contributed by atoms with van der Waals surface area (Å²) in [6.07, 6.45) is 4.25. The topological polar surface area (TPSA) is 62.3 Å². The third-order valence-corrected chi connectivity index (χ3v) is 6.08. The lowest BCUT2D eigenvalue weighted by Gasteiger charge is -2.35. The van der Waals surface area contributed by atoms with Gasteiger partial charge >= 0.3 is 0 Å². The molecular weight excluding hydrogens is 346 g/mol. The van der Waals surface area contributed by atoms with E-state index in [0.717, 1.165) is 17.5 Å². The SMILES string of the molecule is CCc1cccc(S(=O)(=O)N2CCNCC2c2cccnc2)c1.Cl. The van der Waals surface area contributed by atoms with Gasteiger partial charge in [-0.25, -0.2) is 8.42 Å². The lowest BCUT2D eigenvalue weighted by molar-refractivity contribution is 0.271. The smallest absolute Gasteiger partial charge is 0.243 e. The maximum Gasteiger partial charge on any atom is 0.243 e. The lowest BCUT2D eigenvalue weighted by Crippen LogP contribution is -2.48. The van der Waals surface area contributed by atoms with Gasteiger partial charge in [-0.05, 0) is 35.7 Å². The number of rotatable bonds is 4. The summed E-state index contributed by atoms with van der Waals surface area (Å²) in [6.45, 7) is 3.73. The number of halogens is 1. The summed E-state index contributed by atoms with van der Waals surface area (Å²) < 4.78 is 27.8. The number of benzene rings is 1. The van der Waals surface area contributed by atoms with Crippen LogP contribution >= 0.6 is 12.4 Å². The fraction of sp³-hybridized carbons (Fsp3) is 0.353. The number of nitrogens with zero attached hydrogens (tertiary/aromatic N) is 2. The first-order valence-corrected chi connectivity index (χ1v) is 9.28. The molecule has 5 nitrogen and oxygen atoms in total. The molecule has 2 heterocycles. The Morgan fingerprint density at radius 1 is 1.29 bits per heavy atom. The van der Waals surface area contributed by atoms with Crippen LogP contribution in [0, 0.1) is 0 Å². The molecule has 2 aromatic rings. The van der Waals surface area contributed by atoms with Crippen molar-refractivity contribution in [1.29, 1.82) is 0 Å². The first-order valence-electron chi connectivity index (χ1n) is 7.84. The number of pyridine rings is 1. The zero-order chi connectivity index (χ0) is 16.3. The summed E-state index contributed by atoms with van der Waals surface area (Å²) in [6, 6.07) is 10.8. The molecule has 1 N–H and O–H groups in total. The van der Waals surface area contributed by atoms with Gasteiger partial charge < -0.3 is 5.32 Å². The number of hydrogen-bond acceptors (Lipinski definition) is 4. The second-order valence-electron chi connectivity index (χ2n) is 5.62. The molecule has 1 aromatic heterocycles. The van der Waals surface area contributed by atoms with Crippen LogP contribution in [0.2, 0.25) is 0 Å². The normalized spacial score (nSPS) is 18.8. The van der Waals surface area contributed by atoms with Crippen LogP contribution < -0.4 is 5.32 Å². The molecule has 130 valence electrons. The molecule has 0 spiro atoms. The second-order valence-corrected chi connectivity index (χ2v) is 7.51. The Kier molecular flexibility index (Phi) is 6.34. The summed E-state index contributed by atoms with van der Waals surface area (Å²) in [5, 5.41) is 3.28. The van der Waals surface area contributed by atoms with Crippen LogP contribution in [0.1, 0.15) is 24.1 Å². The van der Waals surface area contributed by atoms with Crippen LogP contribution in [-0.2, 0) is 16.4 Å². The Morgan fingerprint density at radius 2 is 2.12 bits per heavy atom. The van der Waals surface area contributed by atoms with E-state index >= 15 is 0 Å². The van der Waals surface area contributed by atoms with Crippen molar-refractivity contribution in [2.45, 2.75) is 24.3 Å². The Labute approximate surface area is 149 Å². The number of nitrogens with one attached hydrogen (secondary N) is 1. The van der Waals surface area contributed by atoms with Crippen molar-refractivity contribution < 1.29 is 8.42 Å². The zero-order valence-corrected chi connectivity index (χ0v) is 15.2. The van der Waals surface area contributed by atoms with E-state index in [1.165, 1.54) is 0 Å². The fourth-order valence-electron chi connectivity index (χ4n) is 2.89. The Balaban J connectivity index is 0.00000208. The van der Waals surface area contributed by atoms with Gasteiger partial charge in [0.25, 0.3) is 0 Å². The van der Waals surface area contributed by atoms with Gasteiger partial charge in [0.05, 0.1) is 10.9 Å². The molecule has 1 unspecified atom stereocenters. The summed E-state index contributed by atoms with van der Waals surface area (Å²) in [5.74, 6) is 0. The summed E-state index contributed by atoms with van der Waals surface area (Å²) in [7, 11) is -3.53. The highest BCUT2D eigenvalue weighted by molar-refractivity contribution is 7.89. The van der Waals surface area contributed by atoms with Crippen LogP contribution in [0.4, 0.5) is 0 Å². The first-order chi connectivity index (χ1) is 11.1. The van der Waals surface area contributed by atoms with Crippen molar-refractivity contribution in [3.63, 3.8) is 0 Å². The molecule has 1 saturated heterocycles. The maximum absolute atomic E-state index is 13.1. The third kappa shape index (κ3) is 3.78. The average Bonchev–Trinajstić information content (AvgIpc) is 2.62. The highest BCUT2D eigenvalue weighted by Gasteiger charge is 2.34. The van der Waals surface area contributed by atoms with Crippen molar-refractivity contribution in [2.24, 2.45) is 0 Å². The zero-order valence-electron chi connectivity index (χ0n) is 13.6. The molecule has 1 aliphatic heterocycles. The van der Waals surface area contributed by atoms with Gasteiger partial charge in [-0.1, -0.05) is 25.1 Å². The number of hydrogen-bond donors (Lipinski definition) is 1. The van der Waals surface area contributed by atoms with E-state index in [0.29, 0.717) is 24.5 Å². The monoisotopic (exact) mass is 367 g/mol. The molecule has 0 radical (unpaired) electrons. The molecule has 24 heavy (non-hydrogen) atoms. The summed E-state index contributed by atoms with van der Waals surface area (Å²) in [4.78, 5) is 4.50. The van der Waals surface area contributed by atoms with Gasteiger partial charge in [0.15, 0.2) is 0 Å². The van der Waals surface area contributed by atoms with Crippen LogP contribution in [0.15, 0.2) is 53.7 Å². The third-order valence-electron chi connectivity index (χ3n) is 4.18. The fourth-order valence-corrected chi connectivity index (χ4v) is 4.58. The largest absolute Gasteiger partial charge is 0.313 e. The van der Waals surface area contributed by atoms with Gasteiger partial charge in [-0.2, -0.15) is 4.31 Å². The minimum Gasteiger partial charge on any atom is -0.313 e. The van der Waals surface area contributed by atoms with E-state index in [-0.39, 0.29) is 18.4 Å². The highest BCUT2D eigenvalue weighted by Crippen LogP contribution is 2.28. The van der Waals surface area contributed by atoms with E-state index < -0.39 is 10.0 Å². The van der Waals surface area contributed by atoms with Crippen LogP contribution in [-0.4, -0.2) is 37.3 Å². The van der Waals surface area contributed by atoms with Crippen molar-refractivity contribution in [2.75, 3.05) is 19.6 Å². The molecule has 0 amide bonds. The predicted octanol–water partition coefficient (Wildman–Crippen LogP) is 2.40. The molecule has 3 rings (SSSR count). The molecule has 0 saturated carbocycles. The predicted molar refractivity (Wildman–Crippen MR) is 96.8 cm³/mol. The van der Waals surface area contributed by atoms with E-state index in [9.17, 15) is 8.42 Å². The maximum atomic E-state index is 13.1. The minimum absolute atomic E-state index is 0. The van der Waals surface area contributed by atoms with Gasteiger partial charge in [-0.15, -0.1) is 12.4 Å². The van der Waals surface area contributed by atoms with E-state index in [1.807, 2.05) is 31.2 Å². The highest BCUT2D eigenvalue weighted by atomic mass is 35.5. The average molecular weight is 368 g/mol. The Hall–Kier alpha value is -1.47. The van der Waals surface area contributed by atoms with Gasteiger partial charge in [-0.3, -0.25) is 4.98 Å². The lowest BCUT2D eigenvalue weighted by atomic mass is 10.1. The van der Waals surface area contributed by atoms with Gasteiger partial charge in [0.1, 0.15) is 0 Å². The molecule has 0 aliphatic carbocycles. The molecule has 1 aliphatic rings. The first kappa shape index (κ1) is 18.9. The van der Waals surface area contributed by atoms with Gasteiger partial charge in [0, 0.05) is 32.0 Å². The second kappa shape index (κ2) is 8.07. The number of aryl methyl sites for hydroxylation is 1. The van der Waals surface area contributed by atoms with Crippen molar-refractivity contribution in [3.8, 4) is 0 Å². The molecule has 1 fully saturated rings. The van der Waals surface area contributed by atoms with E-state index in [2.05, 4.69) is 10.3 Å². The quantitative estimate of drug-likeness (QED) is 0.901. The van der Waals surface area contributed by atoms with Crippen LogP contribution in [0.25, 0.3) is 0 Å². The van der Waals surface area contributed by atoms with E-state index in [1.54, 1.807) is 28.8 Å². The molecule has 1 atom stereocenters. The standard InChI is InChI=1S/C17H21N3O2S.ClH/c1-2-14-5-3-7-16(11-14)23(21,22)20-10-9-19-13-17(20)15-6-4-8-18-12-15;/h3-8,11-12,17,19H,2,9-10,13H2,1H3;1H. The van der Waals surface area contributed by atoms with Crippen LogP contribution in [0.5, 0.6) is 0 Å². The van der Waals surface area contributed by atoms with E-state index in [4.69, 9.17) is 0 Å².